The summed E-state index contributed by atoms with van der Waals surface area (Å²) in [7, 11) is 0. The summed E-state index contributed by atoms with van der Waals surface area (Å²) in [5.41, 5.74) is 5.86. The number of aromatic nitrogens is 1. The van der Waals surface area contributed by atoms with E-state index in [1.807, 2.05) is 0 Å². The Balaban J connectivity index is 1.73. The Hall–Kier alpha value is -1.14. The average molecular weight is 282 g/mol. The van der Waals surface area contributed by atoms with Crippen molar-refractivity contribution in [2.45, 2.75) is 56.6 Å². The number of nitrogens with zero attached hydrogens (tertiary/aromatic N) is 1. The lowest BCUT2D eigenvalue weighted by molar-refractivity contribution is 0.0690. The van der Waals surface area contributed by atoms with Crippen molar-refractivity contribution < 1.29 is 14.6 Å². The number of ether oxygens (including phenoxy) is 1. The summed E-state index contributed by atoms with van der Waals surface area (Å²) in [5.74, 6) is -0.160. The van der Waals surface area contributed by atoms with Gasteiger partial charge in [0, 0.05) is 12.0 Å². The number of carbonyl (C=O) groups is 1. The summed E-state index contributed by atoms with van der Waals surface area (Å²) in [6.45, 7) is 0. The van der Waals surface area contributed by atoms with Crippen molar-refractivity contribution in [1.29, 1.82) is 0 Å². The summed E-state index contributed by atoms with van der Waals surface area (Å²) in [4.78, 5) is 15.9. The van der Waals surface area contributed by atoms with Crippen molar-refractivity contribution in [2.24, 2.45) is 5.73 Å². The molecule has 104 valence electrons. The lowest BCUT2D eigenvalue weighted by Crippen LogP contribution is -2.32. The van der Waals surface area contributed by atoms with Gasteiger partial charge in [-0.2, -0.15) is 0 Å². The molecule has 19 heavy (non-hydrogen) atoms. The fourth-order valence-electron chi connectivity index (χ4n) is 2.41. The van der Waals surface area contributed by atoms with Gasteiger partial charge in [0.05, 0.1) is 0 Å². The maximum Gasteiger partial charge on any atom is 0.351 e. The van der Waals surface area contributed by atoms with Gasteiger partial charge in [0.15, 0.2) is 4.88 Å². The summed E-state index contributed by atoms with van der Waals surface area (Å²) in [6, 6.07) is 0.260. The Labute approximate surface area is 115 Å². The van der Waals surface area contributed by atoms with E-state index in [0.29, 0.717) is 11.8 Å². The number of carboxylic acids is 1. The number of nitrogens with two attached hydrogens (primary N) is 1. The first-order chi connectivity index (χ1) is 9.13. The van der Waals surface area contributed by atoms with Gasteiger partial charge in [0.1, 0.15) is 11.1 Å². The highest BCUT2D eigenvalue weighted by atomic mass is 32.1. The van der Waals surface area contributed by atoms with Crippen LogP contribution < -0.4 is 10.5 Å². The van der Waals surface area contributed by atoms with Gasteiger partial charge in [-0.15, -0.1) is 11.3 Å². The zero-order chi connectivity index (χ0) is 13.4. The molecule has 0 spiro atoms. The number of hydrogen-bond acceptors (Lipinski definition) is 5. The Morgan fingerprint density at radius 2 is 1.95 bits per heavy atom. The molecule has 0 saturated heterocycles. The van der Waals surface area contributed by atoms with Gasteiger partial charge in [-0.25, -0.2) is 9.78 Å². The van der Waals surface area contributed by atoms with E-state index in [9.17, 15) is 9.90 Å². The van der Waals surface area contributed by atoms with Crippen LogP contribution in [0.15, 0.2) is 0 Å². The topological polar surface area (TPSA) is 85.4 Å². The van der Waals surface area contributed by atoms with E-state index in [1.54, 1.807) is 0 Å². The quantitative estimate of drug-likeness (QED) is 0.885. The van der Waals surface area contributed by atoms with E-state index in [2.05, 4.69) is 4.98 Å². The molecule has 0 aromatic carbocycles. The maximum absolute atomic E-state index is 11.2. The largest absolute Gasteiger partial charge is 0.477 e. The average Bonchev–Trinajstić information content (AvgIpc) is 3.14. The van der Waals surface area contributed by atoms with Gasteiger partial charge < -0.3 is 15.6 Å². The second-order valence-corrected chi connectivity index (χ2v) is 6.45. The summed E-state index contributed by atoms with van der Waals surface area (Å²) in [6.07, 6.45) is 5.94. The SMILES string of the molecule is N[C@H]1CC[C@H](Oc2nc(C3CC3)sc2C(=O)O)CC1. The lowest BCUT2D eigenvalue weighted by Gasteiger charge is -2.26. The first kappa shape index (κ1) is 12.9. The molecule has 0 radical (unpaired) electrons. The van der Waals surface area contributed by atoms with E-state index >= 15 is 0 Å². The molecule has 5 nitrogen and oxygen atoms in total. The van der Waals surface area contributed by atoms with Gasteiger partial charge in [-0.1, -0.05) is 0 Å². The predicted octanol–water partition coefficient (Wildman–Crippen LogP) is 2.37. The van der Waals surface area contributed by atoms with Crippen LogP contribution >= 0.6 is 11.3 Å². The molecule has 3 rings (SSSR count). The Kier molecular flexibility index (Phi) is 3.45. The van der Waals surface area contributed by atoms with E-state index in [-0.39, 0.29) is 17.0 Å². The van der Waals surface area contributed by atoms with Gasteiger partial charge in [-0.05, 0) is 38.5 Å². The number of hydrogen-bond donors (Lipinski definition) is 2. The minimum atomic E-state index is -0.938. The van der Waals surface area contributed by atoms with Crippen molar-refractivity contribution in [3.8, 4) is 5.88 Å². The van der Waals surface area contributed by atoms with Crippen molar-refractivity contribution in [3.05, 3.63) is 9.88 Å². The monoisotopic (exact) mass is 282 g/mol. The molecular formula is C13H18N2O3S. The highest BCUT2D eigenvalue weighted by molar-refractivity contribution is 7.14. The molecule has 1 heterocycles. The molecule has 1 aromatic heterocycles. The molecule has 2 saturated carbocycles. The van der Waals surface area contributed by atoms with E-state index in [4.69, 9.17) is 10.5 Å². The Morgan fingerprint density at radius 1 is 1.26 bits per heavy atom. The van der Waals surface area contributed by atoms with Crippen LogP contribution in [0, 0.1) is 0 Å². The van der Waals surface area contributed by atoms with E-state index < -0.39 is 5.97 Å². The number of rotatable bonds is 4. The molecule has 0 amide bonds. The zero-order valence-electron chi connectivity index (χ0n) is 10.7. The van der Waals surface area contributed by atoms with Crippen LogP contribution in [-0.4, -0.2) is 28.2 Å². The zero-order valence-corrected chi connectivity index (χ0v) is 11.5. The van der Waals surface area contributed by atoms with Crippen LogP contribution in [-0.2, 0) is 0 Å². The number of thiazole rings is 1. The van der Waals surface area contributed by atoms with Crippen molar-refractivity contribution in [2.75, 3.05) is 0 Å². The summed E-state index contributed by atoms with van der Waals surface area (Å²) >= 11 is 1.27. The fraction of sp³-hybridized carbons (Fsp3) is 0.692. The molecule has 0 bridgehead atoms. The molecule has 0 aliphatic heterocycles. The highest BCUT2D eigenvalue weighted by Crippen LogP contribution is 2.44. The van der Waals surface area contributed by atoms with Gasteiger partial charge >= 0.3 is 5.97 Å². The van der Waals surface area contributed by atoms with Crippen molar-refractivity contribution in [3.63, 3.8) is 0 Å². The molecule has 2 aliphatic carbocycles. The summed E-state index contributed by atoms with van der Waals surface area (Å²) in [5, 5.41) is 10.1. The maximum atomic E-state index is 11.2. The third-order valence-corrected chi connectivity index (χ3v) is 4.92. The molecule has 2 aliphatic rings. The third kappa shape index (κ3) is 2.90. The second kappa shape index (κ2) is 5.09. The molecule has 2 fully saturated rings. The smallest absolute Gasteiger partial charge is 0.351 e. The first-order valence-electron chi connectivity index (χ1n) is 6.79. The van der Waals surface area contributed by atoms with Crippen LogP contribution in [0.4, 0.5) is 0 Å². The fourth-order valence-corrected chi connectivity index (χ4v) is 3.41. The summed E-state index contributed by atoms with van der Waals surface area (Å²) < 4.78 is 5.82. The van der Waals surface area contributed by atoms with Crippen LogP contribution in [0.1, 0.15) is 59.1 Å². The van der Waals surface area contributed by atoms with Crippen molar-refractivity contribution >= 4 is 17.3 Å². The van der Waals surface area contributed by atoms with E-state index in [0.717, 1.165) is 43.5 Å². The normalized spacial score (nSPS) is 27.2. The number of carboxylic acid groups (broad SMARTS) is 1. The van der Waals surface area contributed by atoms with Crippen LogP contribution in [0.3, 0.4) is 0 Å². The molecule has 0 atom stereocenters. The van der Waals surface area contributed by atoms with Gasteiger partial charge in [0.2, 0.25) is 5.88 Å². The molecule has 3 N–H and O–H groups in total. The van der Waals surface area contributed by atoms with Gasteiger partial charge in [0.25, 0.3) is 0 Å². The van der Waals surface area contributed by atoms with Crippen LogP contribution in [0.5, 0.6) is 5.88 Å². The second-order valence-electron chi connectivity index (χ2n) is 5.42. The highest BCUT2D eigenvalue weighted by Gasteiger charge is 2.31. The molecular weight excluding hydrogens is 264 g/mol. The standard InChI is InChI=1S/C13H18N2O3S/c14-8-3-5-9(6-4-8)18-11-10(13(16)17)19-12(15-11)7-1-2-7/h7-9H,1-6,14H2,(H,16,17)/t8-,9-. The van der Waals surface area contributed by atoms with Crippen molar-refractivity contribution in [1.82, 2.24) is 4.98 Å². The molecule has 6 heteroatoms. The Bertz CT molecular complexity index is 476. The number of aromatic carboxylic acids is 1. The predicted molar refractivity (Wildman–Crippen MR) is 71.9 cm³/mol. The van der Waals surface area contributed by atoms with E-state index in [1.165, 1.54) is 11.3 Å². The first-order valence-corrected chi connectivity index (χ1v) is 7.61. The van der Waals surface area contributed by atoms with Crippen LogP contribution in [0.25, 0.3) is 0 Å². The molecule has 1 aromatic rings. The van der Waals surface area contributed by atoms with Crippen LogP contribution in [0.2, 0.25) is 0 Å². The molecule has 0 unspecified atom stereocenters. The third-order valence-electron chi connectivity index (χ3n) is 3.73. The minimum absolute atomic E-state index is 0.0621. The lowest BCUT2D eigenvalue weighted by atomic mass is 9.94. The minimum Gasteiger partial charge on any atom is -0.477 e. The van der Waals surface area contributed by atoms with Gasteiger partial charge in [-0.3, -0.25) is 0 Å². The Morgan fingerprint density at radius 3 is 2.53 bits per heavy atom.